The van der Waals surface area contributed by atoms with Gasteiger partial charge < -0.3 is 34.3 Å². The Hall–Kier alpha value is -0.320. The van der Waals surface area contributed by atoms with E-state index in [0.29, 0.717) is 13.0 Å². The summed E-state index contributed by atoms with van der Waals surface area (Å²) in [6, 6.07) is -0.312. The molecule has 0 amide bonds. The minimum atomic E-state index is -1.55. The van der Waals surface area contributed by atoms with Crippen LogP contribution < -0.4 is 0 Å². The first kappa shape index (κ1) is 23.1. The number of hydrogen-bond donors (Lipinski definition) is 3. The monoisotopic (exact) mass is 467 g/mol. The molecule has 7 unspecified atom stereocenters. The minimum Gasteiger partial charge on any atom is -0.392 e. The van der Waals surface area contributed by atoms with Gasteiger partial charge in [-0.1, -0.05) is 6.92 Å². The number of hydrogen-bond acceptors (Lipinski definition) is 8. The average Bonchev–Trinajstić information content (AvgIpc) is 3.16. The lowest BCUT2D eigenvalue weighted by molar-refractivity contribution is -0.318. The Morgan fingerprint density at radius 3 is 2.42 bits per heavy atom. The van der Waals surface area contributed by atoms with Crippen molar-refractivity contribution in [3.8, 4) is 0 Å². The lowest BCUT2D eigenvalue weighted by atomic mass is 9.42. The van der Waals surface area contributed by atoms with Crippen molar-refractivity contribution in [3.05, 3.63) is 0 Å². The van der Waals surface area contributed by atoms with Gasteiger partial charge in [-0.2, -0.15) is 0 Å². The molecule has 0 aromatic rings. The van der Waals surface area contributed by atoms with Gasteiger partial charge >= 0.3 is 0 Å². The van der Waals surface area contributed by atoms with Crippen LogP contribution in [-0.4, -0.2) is 110 Å². The number of piperidine rings is 1. The van der Waals surface area contributed by atoms with Crippen molar-refractivity contribution in [3.63, 3.8) is 0 Å². The van der Waals surface area contributed by atoms with E-state index in [9.17, 15) is 15.3 Å². The topological polar surface area (TPSA) is 101 Å². The summed E-state index contributed by atoms with van der Waals surface area (Å²) in [5, 5.41) is 37.1. The normalized spacial score (nSPS) is 60.9. The molecule has 1 saturated heterocycles. The fourth-order valence-corrected chi connectivity index (χ4v) is 11.0. The Morgan fingerprint density at radius 2 is 1.82 bits per heavy atom. The smallest absolute Gasteiger partial charge is 0.136 e. The highest BCUT2D eigenvalue weighted by atomic mass is 16.5. The molecule has 0 aromatic carbocycles. The van der Waals surface area contributed by atoms with E-state index in [1.54, 1.807) is 28.4 Å². The van der Waals surface area contributed by atoms with Crippen molar-refractivity contribution in [2.75, 3.05) is 48.1 Å². The largest absolute Gasteiger partial charge is 0.392 e. The number of ether oxygens (including phenoxy) is 4. The fraction of sp³-hybridized carbons (Fsp3) is 1.00. The van der Waals surface area contributed by atoms with E-state index in [2.05, 4.69) is 11.8 Å². The van der Waals surface area contributed by atoms with E-state index in [-0.39, 0.29) is 41.4 Å². The summed E-state index contributed by atoms with van der Waals surface area (Å²) in [6.07, 6.45) is 1.21. The Bertz CT molecular complexity index is 814. The van der Waals surface area contributed by atoms with E-state index in [1.807, 2.05) is 0 Å². The zero-order chi connectivity index (χ0) is 23.6. The van der Waals surface area contributed by atoms with Crippen molar-refractivity contribution < 1.29 is 34.3 Å². The Balaban J connectivity index is 1.68. The molecule has 1 heterocycles. The Kier molecular flexibility index (Phi) is 4.99. The van der Waals surface area contributed by atoms with Gasteiger partial charge in [0.05, 0.1) is 37.1 Å². The molecule has 188 valence electrons. The van der Waals surface area contributed by atoms with Crippen molar-refractivity contribution in [2.45, 2.75) is 74.3 Å². The van der Waals surface area contributed by atoms with E-state index in [1.165, 1.54) is 0 Å². The lowest BCUT2D eigenvalue weighted by Crippen LogP contribution is -2.82. The maximum Gasteiger partial charge on any atom is 0.136 e. The first-order valence-corrected chi connectivity index (χ1v) is 12.7. The van der Waals surface area contributed by atoms with E-state index in [0.717, 1.165) is 32.4 Å². The molecule has 5 saturated carbocycles. The molecule has 0 radical (unpaired) electrons. The number of fused-ring (bicyclic) bond motifs is 2. The quantitative estimate of drug-likeness (QED) is 0.512. The Morgan fingerprint density at radius 1 is 1.06 bits per heavy atom. The molecule has 8 nitrogen and oxygen atoms in total. The summed E-state index contributed by atoms with van der Waals surface area (Å²) in [6.45, 7) is 4.28. The van der Waals surface area contributed by atoms with Gasteiger partial charge in [0, 0.05) is 70.0 Å². The molecule has 3 N–H and O–H groups in total. The van der Waals surface area contributed by atoms with Crippen LogP contribution in [0.5, 0.6) is 0 Å². The molecule has 8 heteroatoms. The van der Waals surface area contributed by atoms with Crippen LogP contribution in [-0.2, 0) is 18.9 Å². The summed E-state index contributed by atoms with van der Waals surface area (Å²) in [5.74, 6) is -0.492. The Labute approximate surface area is 196 Å². The highest BCUT2D eigenvalue weighted by molar-refractivity contribution is 5.41. The predicted molar refractivity (Wildman–Crippen MR) is 119 cm³/mol. The van der Waals surface area contributed by atoms with Crippen molar-refractivity contribution in [1.29, 1.82) is 0 Å². The molecule has 0 aromatic heterocycles. The van der Waals surface area contributed by atoms with Crippen LogP contribution in [0.15, 0.2) is 0 Å². The molecular weight excluding hydrogens is 426 g/mol. The molecule has 1 spiro atoms. The lowest BCUT2D eigenvalue weighted by Gasteiger charge is -2.70. The molecule has 6 aliphatic rings. The maximum atomic E-state index is 12.9. The van der Waals surface area contributed by atoms with Gasteiger partial charge in [-0.25, -0.2) is 0 Å². The predicted octanol–water partition coefficient (Wildman–Crippen LogP) is 0.271. The van der Waals surface area contributed by atoms with Crippen LogP contribution in [0.2, 0.25) is 0 Å². The molecule has 13 atom stereocenters. The van der Waals surface area contributed by atoms with Gasteiger partial charge in [0.25, 0.3) is 0 Å². The molecular formula is C25H41NO7. The van der Waals surface area contributed by atoms with E-state index in [4.69, 9.17) is 18.9 Å². The van der Waals surface area contributed by atoms with Crippen LogP contribution in [0.4, 0.5) is 0 Å². The number of likely N-dealkylation sites (N-methyl/N-ethyl adjacent to an activating group) is 1. The third-order valence-electron chi connectivity index (χ3n) is 11.5. The summed E-state index contributed by atoms with van der Waals surface area (Å²) in [5.41, 5.74) is -3.70. The van der Waals surface area contributed by atoms with Crippen LogP contribution in [0.3, 0.4) is 0 Å². The van der Waals surface area contributed by atoms with Gasteiger partial charge in [-0.15, -0.1) is 0 Å². The van der Waals surface area contributed by atoms with E-state index >= 15 is 0 Å². The number of methoxy groups -OCH3 is 4. The molecule has 5 aliphatic carbocycles. The minimum absolute atomic E-state index is 0.00825. The summed E-state index contributed by atoms with van der Waals surface area (Å²) in [7, 11) is 6.85. The zero-order valence-electron chi connectivity index (χ0n) is 20.6. The third kappa shape index (κ3) is 2.20. The van der Waals surface area contributed by atoms with Crippen LogP contribution in [0.25, 0.3) is 0 Å². The summed E-state index contributed by atoms with van der Waals surface area (Å²) >= 11 is 0. The second kappa shape index (κ2) is 7.13. The summed E-state index contributed by atoms with van der Waals surface area (Å²) in [4.78, 5) is 2.38. The number of nitrogens with zero attached hydrogens (tertiary/aromatic N) is 1. The summed E-state index contributed by atoms with van der Waals surface area (Å²) < 4.78 is 24.2. The van der Waals surface area contributed by atoms with Crippen molar-refractivity contribution in [1.82, 2.24) is 4.90 Å². The molecule has 1 aliphatic heterocycles. The zero-order valence-corrected chi connectivity index (χ0v) is 20.6. The van der Waals surface area contributed by atoms with Crippen LogP contribution in [0.1, 0.15) is 32.6 Å². The highest BCUT2D eigenvalue weighted by Gasteiger charge is 2.91. The number of rotatable bonds is 6. The average molecular weight is 468 g/mol. The fourth-order valence-electron chi connectivity index (χ4n) is 11.0. The molecule has 6 fully saturated rings. The number of aliphatic hydroxyl groups excluding tert-OH is 1. The van der Waals surface area contributed by atoms with Crippen molar-refractivity contribution in [2.24, 2.45) is 34.5 Å². The molecule has 33 heavy (non-hydrogen) atoms. The number of aliphatic hydroxyl groups is 3. The maximum absolute atomic E-state index is 12.9. The van der Waals surface area contributed by atoms with E-state index < -0.39 is 34.7 Å². The first-order valence-electron chi connectivity index (χ1n) is 12.7. The van der Waals surface area contributed by atoms with Crippen LogP contribution in [0, 0.1) is 34.5 Å². The van der Waals surface area contributed by atoms with Gasteiger partial charge in [0.2, 0.25) is 0 Å². The van der Waals surface area contributed by atoms with Gasteiger partial charge in [0.1, 0.15) is 11.2 Å². The third-order valence-corrected chi connectivity index (χ3v) is 11.5. The molecule has 6 rings (SSSR count). The van der Waals surface area contributed by atoms with Gasteiger partial charge in [-0.05, 0) is 31.7 Å². The standard InChI is InChI=1S/C25H41NO7/c1-6-26-11-22(12-30-2)8-7-16(32-4)24-14-9-13-15(31-3)10-23(28,17(14)18(13)27)25(29,21(24)26)20(33-5)19(22)24/h13-21,27-29H,6-12H2,1-5H3/t13?,14?,15?,16?,17?,18-,19?,20-,21-,22-,23+,24?,25-/m0/s1. The number of likely N-dealkylation sites (tertiary alicyclic amines) is 1. The first-order chi connectivity index (χ1) is 15.8. The van der Waals surface area contributed by atoms with Gasteiger partial charge in [0.15, 0.2) is 0 Å². The SMILES string of the molecule is CCN1C[C@]2(COC)CCC(OC)C34C5CC6C(OC)C[C@@](O)(C5[C@H]6O)[C@](O)([C@@H](OC)C32)[C@@H]14. The van der Waals surface area contributed by atoms with Gasteiger partial charge in [-0.3, -0.25) is 4.90 Å². The molecule has 7 bridgehead atoms. The highest BCUT2D eigenvalue weighted by Crippen LogP contribution is 2.80. The van der Waals surface area contributed by atoms with Crippen molar-refractivity contribution >= 4 is 0 Å². The van der Waals surface area contributed by atoms with Crippen LogP contribution >= 0.6 is 0 Å². The second-order valence-electron chi connectivity index (χ2n) is 11.9. The second-order valence-corrected chi connectivity index (χ2v) is 11.9.